The van der Waals surface area contributed by atoms with Gasteiger partial charge in [-0.1, -0.05) is 30.3 Å². The highest BCUT2D eigenvalue weighted by Crippen LogP contribution is 2.20. The molecule has 0 unspecified atom stereocenters. The van der Waals surface area contributed by atoms with Gasteiger partial charge in [-0.3, -0.25) is 9.59 Å². The first-order valence-electron chi connectivity index (χ1n) is 7.47. The molecule has 114 valence electrons. The maximum Gasteiger partial charge on any atom is 0.223 e. The molecule has 1 amide bonds. The number of morpholine rings is 1. The van der Waals surface area contributed by atoms with Crippen molar-refractivity contribution in [2.45, 2.75) is 38.6 Å². The summed E-state index contributed by atoms with van der Waals surface area (Å²) in [5, 5.41) is 0. The molecule has 1 aliphatic rings. The number of ether oxygens (including phenoxy) is 1. The van der Waals surface area contributed by atoms with Gasteiger partial charge in [-0.25, -0.2) is 0 Å². The Morgan fingerprint density at radius 2 is 1.90 bits per heavy atom. The van der Waals surface area contributed by atoms with E-state index in [1.807, 2.05) is 49.1 Å². The molecule has 1 aromatic rings. The molecule has 21 heavy (non-hydrogen) atoms. The second kappa shape index (κ2) is 6.85. The second-order valence-corrected chi connectivity index (χ2v) is 6.05. The molecule has 1 fully saturated rings. The lowest BCUT2D eigenvalue weighted by Gasteiger charge is -2.42. The van der Waals surface area contributed by atoms with Crippen molar-refractivity contribution in [3.8, 4) is 0 Å². The number of ketones is 1. The molecule has 1 saturated heterocycles. The monoisotopic (exact) mass is 289 g/mol. The average molecular weight is 289 g/mol. The van der Waals surface area contributed by atoms with E-state index in [4.69, 9.17) is 4.74 Å². The molecule has 0 bridgehead atoms. The first kappa shape index (κ1) is 15.7. The normalized spacial score (nSPS) is 17.5. The van der Waals surface area contributed by atoms with E-state index in [0.29, 0.717) is 39.0 Å². The van der Waals surface area contributed by atoms with Crippen molar-refractivity contribution in [1.29, 1.82) is 0 Å². The first-order chi connectivity index (χ1) is 10.0. The van der Waals surface area contributed by atoms with Crippen LogP contribution >= 0.6 is 0 Å². The van der Waals surface area contributed by atoms with Gasteiger partial charge in [0.25, 0.3) is 0 Å². The van der Waals surface area contributed by atoms with Gasteiger partial charge in [0, 0.05) is 24.9 Å². The standard InChI is InChI=1S/C17H23NO3/c1-17(2)13-21-12-11-18(17)16(20)10-6-9-15(19)14-7-4-3-5-8-14/h3-5,7-8H,6,9-13H2,1-2H3. The molecule has 1 aliphatic heterocycles. The highest BCUT2D eigenvalue weighted by Gasteiger charge is 2.33. The Bertz CT molecular complexity index is 496. The van der Waals surface area contributed by atoms with Gasteiger partial charge in [0.05, 0.1) is 18.8 Å². The van der Waals surface area contributed by atoms with Gasteiger partial charge in [-0.15, -0.1) is 0 Å². The van der Waals surface area contributed by atoms with Gasteiger partial charge in [-0.2, -0.15) is 0 Å². The number of rotatable bonds is 5. The number of hydrogen-bond donors (Lipinski definition) is 0. The number of benzene rings is 1. The van der Waals surface area contributed by atoms with Crippen LogP contribution in [0, 0.1) is 0 Å². The predicted molar refractivity (Wildman–Crippen MR) is 81.2 cm³/mol. The molecule has 4 heteroatoms. The van der Waals surface area contributed by atoms with E-state index in [1.54, 1.807) is 0 Å². The van der Waals surface area contributed by atoms with Gasteiger partial charge in [0.1, 0.15) is 0 Å². The Kier molecular flexibility index (Phi) is 5.12. The maximum atomic E-state index is 12.3. The van der Waals surface area contributed by atoms with E-state index >= 15 is 0 Å². The fourth-order valence-corrected chi connectivity index (χ4v) is 2.62. The zero-order valence-corrected chi connectivity index (χ0v) is 12.8. The maximum absolute atomic E-state index is 12.3. The summed E-state index contributed by atoms with van der Waals surface area (Å²) in [7, 11) is 0. The minimum Gasteiger partial charge on any atom is -0.377 e. The number of hydrogen-bond acceptors (Lipinski definition) is 3. The van der Waals surface area contributed by atoms with E-state index in [0.717, 1.165) is 5.56 Å². The molecule has 1 aromatic carbocycles. The van der Waals surface area contributed by atoms with Crippen LogP contribution in [0.3, 0.4) is 0 Å². The summed E-state index contributed by atoms with van der Waals surface area (Å²) in [6, 6.07) is 9.23. The number of amides is 1. The average Bonchev–Trinajstić information content (AvgIpc) is 2.47. The summed E-state index contributed by atoms with van der Waals surface area (Å²) in [4.78, 5) is 26.2. The quantitative estimate of drug-likeness (QED) is 0.783. The molecule has 0 saturated carbocycles. The van der Waals surface area contributed by atoms with Gasteiger partial charge >= 0.3 is 0 Å². The molecule has 0 spiro atoms. The Balaban J connectivity index is 1.80. The number of carbonyl (C=O) groups excluding carboxylic acids is 2. The molecule has 4 nitrogen and oxygen atoms in total. The van der Waals surface area contributed by atoms with Crippen LogP contribution in [0.1, 0.15) is 43.5 Å². The minimum absolute atomic E-state index is 0.102. The zero-order valence-electron chi connectivity index (χ0n) is 12.8. The van der Waals surface area contributed by atoms with Crippen LogP contribution in [0.5, 0.6) is 0 Å². The third-order valence-corrected chi connectivity index (χ3v) is 3.84. The molecule has 1 heterocycles. The zero-order chi connectivity index (χ0) is 15.3. The fourth-order valence-electron chi connectivity index (χ4n) is 2.62. The molecule has 0 atom stereocenters. The lowest BCUT2D eigenvalue weighted by Crippen LogP contribution is -2.55. The van der Waals surface area contributed by atoms with Crippen LogP contribution in [0.4, 0.5) is 0 Å². The lowest BCUT2D eigenvalue weighted by atomic mass is 10.0. The van der Waals surface area contributed by atoms with E-state index in [1.165, 1.54) is 0 Å². The van der Waals surface area contributed by atoms with E-state index in [-0.39, 0.29) is 17.2 Å². The summed E-state index contributed by atoms with van der Waals surface area (Å²) in [5.41, 5.74) is 0.468. The van der Waals surface area contributed by atoms with Crippen LogP contribution < -0.4 is 0 Å². The van der Waals surface area contributed by atoms with Crippen LogP contribution in [-0.4, -0.2) is 41.9 Å². The van der Waals surface area contributed by atoms with E-state index in [9.17, 15) is 9.59 Å². The lowest BCUT2D eigenvalue weighted by molar-refractivity contribution is -0.146. The van der Waals surface area contributed by atoms with Crippen LogP contribution in [0.2, 0.25) is 0 Å². The van der Waals surface area contributed by atoms with Crippen molar-refractivity contribution in [3.05, 3.63) is 35.9 Å². The molecule has 0 aliphatic carbocycles. The van der Waals surface area contributed by atoms with Crippen molar-refractivity contribution < 1.29 is 14.3 Å². The second-order valence-electron chi connectivity index (χ2n) is 6.05. The Hall–Kier alpha value is -1.68. The van der Waals surface area contributed by atoms with Crippen molar-refractivity contribution in [2.24, 2.45) is 0 Å². The summed E-state index contributed by atoms with van der Waals surface area (Å²) >= 11 is 0. The number of carbonyl (C=O) groups is 2. The van der Waals surface area contributed by atoms with Crippen molar-refractivity contribution in [1.82, 2.24) is 4.90 Å². The van der Waals surface area contributed by atoms with Crippen molar-refractivity contribution in [2.75, 3.05) is 19.8 Å². The largest absolute Gasteiger partial charge is 0.377 e. The van der Waals surface area contributed by atoms with Gasteiger partial charge in [0.15, 0.2) is 5.78 Å². The first-order valence-corrected chi connectivity index (χ1v) is 7.47. The Morgan fingerprint density at radius 3 is 2.57 bits per heavy atom. The summed E-state index contributed by atoms with van der Waals surface area (Å²) in [6.45, 7) is 5.83. The fraction of sp³-hybridized carbons (Fsp3) is 0.529. The molecule has 0 aromatic heterocycles. The summed E-state index contributed by atoms with van der Waals surface area (Å²) in [6.07, 6.45) is 1.43. The number of Topliss-reactive ketones (excluding diaryl/α,β-unsaturated/α-hetero) is 1. The molecule has 0 radical (unpaired) electrons. The predicted octanol–water partition coefficient (Wildman–Crippen LogP) is 2.68. The Morgan fingerprint density at radius 1 is 1.19 bits per heavy atom. The van der Waals surface area contributed by atoms with Gasteiger partial charge in [-0.05, 0) is 20.3 Å². The van der Waals surface area contributed by atoms with Crippen molar-refractivity contribution in [3.63, 3.8) is 0 Å². The van der Waals surface area contributed by atoms with E-state index < -0.39 is 0 Å². The van der Waals surface area contributed by atoms with Gasteiger partial charge in [0.2, 0.25) is 5.91 Å². The molecule has 2 rings (SSSR count). The summed E-state index contributed by atoms with van der Waals surface area (Å²) in [5.74, 6) is 0.216. The van der Waals surface area contributed by atoms with E-state index in [2.05, 4.69) is 0 Å². The number of nitrogens with zero attached hydrogens (tertiary/aromatic N) is 1. The summed E-state index contributed by atoms with van der Waals surface area (Å²) < 4.78 is 5.42. The third kappa shape index (κ3) is 4.14. The molecule has 0 N–H and O–H groups in total. The topological polar surface area (TPSA) is 46.6 Å². The Labute approximate surface area is 126 Å². The highest BCUT2D eigenvalue weighted by molar-refractivity contribution is 5.96. The van der Waals surface area contributed by atoms with Crippen LogP contribution in [0.25, 0.3) is 0 Å². The SMILES string of the molecule is CC1(C)COCCN1C(=O)CCCC(=O)c1ccccc1. The smallest absolute Gasteiger partial charge is 0.223 e. The molecular formula is C17H23NO3. The van der Waals surface area contributed by atoms with Crippen LogP contribution in [-0.2, 0) is 9.53 Å². The molecular weight excluding hydrogens is 266 g/mol. The highest BCUT2D eigenvalue weighted by atomic mass is 16.5. The third-order valence-electron chi connectivity index (χ3n) is 3.84. The van der Waals surface area contributed by atoms with Gasteiger partial charge < -0.3 is 9.64 Å². The van der Waals surface area contributed by atoms with Crippen LogP contribution in [0.15, 0.2) is 30.3 Å². The minimum atomic E-state index is -0.251. The van der Waals surface area contributed by atoms with Crippen molar-refractivity contribution >= 4 is 11.7 Å².